The van der Waals surface area contributed by atoms with E-state index < -0.39 is 0 Å². The van der Waals surface area contributed by atoms with Gasteiger partial charge < -0.3 is 0 Å². The van der Waals surface area contributed by atoms with Crippen LogP contribution in [0.2, 0.25) is 0 Å². The Kier molecular flexibility index (Phi) is 2.95. The molecule has 0 radical (unpaired) electrons. The summed E-state index contributed by atoms with van der Waals surface area (Å²) in [5, 5.41) is 2.93. The van der Waals surface area contributed by atoms with Crippen molar-refractivity contribution in [3.05, 3.63) is 53.1 Å². The maximum atomic E-state index is 2.40. The molecule has 0 heteroatoms. The second-order valence-corrected chi connectivity index (χ2v) is 4.94. The lowest BCUT2D eigenvalue weighted by Crippen LogP contribution is -2.11. The van der Waals surface area contributed by atoms with Crippen molar-refractivity contribution in [1.82, 2.24) is 0 Å². The van der Waals surface area contributed by atoms with E-state index in [1.165, 1.54) is 35.6 Å². The van der Waals surface area contributed by atoms with Crippen molar-refractivity contribution >= 4 is 16.8 Å². The van der Waals surface area contributed by atoms with Crippen LogP contribution in [-0.2, 0) is 6.42 Å². The number of aryl methyl sites for hydroxylation is 1. The molecule has 2 aromatic rings. The molecule has 0 saturated carbocycles. The van der Waals surface area contributed by atoms with Gasteiger partial charge in [-0.1, -0.05) is 56.3 Å². The minimum Gasteiger partial charge on any atom is -0.0764 e. The standard InChI is InChI=1S/C16H14.C2H6/c1-3-11-7-9-13-5-2-6-14-10-8-12(4-1)15(11)16(13)14;1-2/h1,3-4,7-10,13H,2,5-6H2;1-2H3. The quantitative estimate of drug-likeness (QED) is 0.581. The fraction of sp³-hybridized carbons (Fsp3) is 0.333. The molecule has 0 aliphatic heterocycles. The third-order valence-corrected chi connectivity index (χ3v) is 4.05. The van der Waals surface area contributed by atoms with E-state index in [1.54, 1.807) is 11.1 Å². The second-order valence-electron chi connectivity index (χ2n) is 4.94. The molecule has 1 atom stereocenters. The first-order chi connectivity index (χ1) is 8.93. The van der Waals surface area contributed by atoms with Gasteiger partial charge in [-0.2, -0.15) is 0 Å². The minimum absolute atomic E-state index is 0.683. The van der Waals surface area contributed by atoms with Crippen LogP contribution in [0.25, 0.3) is 16.8 Å². The molecule has 0 spiro atoms. The molecule has 2 aromatic carbocycles. The number of rotatable bonds is 0. The van der Waals surface area contributed by atoms with Crippen LogP contribution in [0.3, 0.4) is 0 Å². The largest absolute Gasteiger partial charge is 0.0764 e. The zero-order valence-corrected chi connectivity index (χ0v) is 11.2. The van der Waals surface area contributed by atoms with Crippen LogP contribution in [-0.4, -0.2) is 0 Å². The van der Waals surface area contributed by atoms with Crippen LogP contribution < -0.4 is 0 Å². The summed E-state index contributed by atoms with van der Waals surface area (Å²) in [6.45, 7) is 4.00. The Bertz CT molecular complexity index is 605. The molecule has 2 aliphatic carbocycles. The first-order valence-corrected chi connectivity index (χ1v) is 7.16. The van der Waals surface area contributed by atoms with Gasteiger partial charge in [0.05, 0.1) is 0 Å². The predicted molar refractivity (Wildman–Crippen MR) is 80.0 cm³/mol. The molecule has 0 aromatic heterocycles. The SMILES string of the molecule is C1=CC2CCCc3ccc4cccc1c4c32.CC. The summed E-state index contributed by atoms with van der Waals surface area (Å²) >= 11 is 0. The topological polar surface area (TPSA) is 0 Å². The Morgan fingerprint density at radius 1 is 1.06 bits per heavy atom. The van der Waals surface area contributed by atoms with Crippen LogP contribution in [0.15, 0.2) is 36.4 Å². The van der Waals surface area contributed by atoms with Gasteiger partial charge in [-0.25, -0.2) is 0 Å². The van der Waals surface area contributed by atoms with Crippen LogP contribution in [0, 0.1) is 0 Å². The van der Waals surface area contributed by atoms with Gasteiger partial charge in [0, 0.05) is 5.92 Å². The number of benzene rings is 2. The molecule has 0 heterocycles. The minimum atomic E-state index is 0.683. The zero-order valence-electron chi connectivity index (χ0n) is 11.2. The molecule has 1 unspecified atom stereocenters. The lowest BCUT2D eigenvalue weighted by molar-refractivity contribution is 0.633. The van der Waals surface area contributed by atoms with E-state index in [-0.39, 0.29) is 0 Å². The predicted octanol–water partition coefficient (Wildman–Crippen LogP) is 5.31. The highest BCUT2D eigenvalue weighted by atomic mass is 14.3. The first-order valence-electron chi connectivity index (χ1n) is 7.16. The second kappa shape index (κ2) is 4.61. The third kappa shape index (κ3) is 1.59. The van der Waals surface area contributed by atoms with Crippen LogP contribution >= 0.6 is 0 Å². The van der Waals surface area contributed by atoms with Crippen molar-refractivity contribution in [2.75, 3.05) is 0 Å². The zero-order chi connectivity index (χ0) is 12.5. The third-order valence-electron chi connectivity index (χ3n) is 4.05. The highest BCUT2D eigenvalue weighted by molar-refractivity contribution is 5.96. The molecule has 0 amide bonds. The lowest BCUT2D eigenvalue weighted by Gasteiger charge is -2.28. The maximum Gasteiger partial charge on any atom is 0.00305 e. The van der Waals surface area contributed by atoms with Gasteiger partial charge >= 0.3 is 0 Å². The smallest absolute Gasteiger partial charge is 0.00305 e. The van der Waals surface area contributed by atoms with Gasteiger partial charge in [0.15, 0.2) is 0 Å². The van der Waals surface area contributed by atoms with E-state index in [4.69, 9.17) is 0 Å². The van der Waals surface area contributed by atoms with Gasteiger partial charge in [0.2, 0.25) is 0 Å². The van der Waals surface area contributed by atoms with Gasteiger partial charge in [0.25, 0.3) is 0 Å². The molecule has 0 bridgehead atoms. The first kappa shape index (κ1) is 11.5. The molecule has 0 nitrogen and oxygen atoms in total. The van der Waals surface area contributed by atoms with Crippen molar-refractivity contribution in [2.24, 2.45) is 0 Å². The average Bonchev–Trinajstić information content (AvgIpc) is 2.47. The Balaban J connectivity index is 0.000000478. The highest BCUT2D eigenvalue weighted by Gasteiger charge is 2.23. The molecule has 4 rings (SSSR count). The molecular weight excluding hydrogens is 216 g/mol. The normalized spacial score (nSPS) is 19.3. The summed E-state index contributed by atoms with van der Waals surface area (Å²) in [4.78, 5) is 0. The van der Waals surface area contributed by atoms with Gasteiger partial charge in [0.1, 0.15) is 0 Å². The van der Waals surface area contributed by atoms with E-state index in [0.717, 1.165) is 0 Å². The van der Waals surface area contributed by atoms with Gasteiger partial charge in [-0.15, -0.1) is 0 Å². The molecule has 18 heavy (non-hydrogen) atoms. The van der Waals surface area contributed by atoms with Gasteiger partial charge in [-0.05, 0) is 46.7 Å². The summed E-state index contributed by atoms with van der Waals surface area (Å²) in [6.07, 6.45) is 8.66. The Labute approximate surface area is 109 Å². The summed E-state index contributed by atoms with van der Waals surface area (Å²) in [5.41, 5.74) is 4.62. The molecule has 0 fully saturated rings. The van der Waals surface area contributed by atoms with Crippen LogP contribution in [0.1, 0.15) is 49.3 Å². The summed E-state index contributed by atoms with van der Waals surface area (Å²) in [7, 11) is 0. The van der Waals surface area contributed by atoms with E-state index in [9.17, 15) is 0 Å². The van der Waals surface area contributed by atoms with E-state index in [2.05, 4.69) is 42.5 Å². The number of hydrogen-bond donors (Lipinski definition) is 0. The fourth-order valence-corrected chi connectivity index (χ4v) is 3.33. The Hall–Kier alpha value is -1.56. The van der Waals surface area contributed by atoms with Gasteiger partial charge in [-0.3, -0.25) is 0 Å². The van der Waals surface area contributed by atoms with Crippen molar-refractivity contribution in [2.45, 2.75) is 39.0 Å². The molecule has 0 N–H and O–H groups in total. The molecule has 0 saturated heterocycles. The van der Waals surface area contributed by atoms with Crippen molar-refractivity contribution in [3.8, 4) is 0 Å². The van der Waals surface area contributed by atoms with Crippen LogP contribution in [0.5, 0.6) is 0 Å². The molecular formula is C18H20. The highest BCUT2D eigenvalue weighted by Crippen LogP contribution is 2.42. The average molecular weight is 236 g/mol. The Morgan fingerprint density at radius 3 is 2.83 bits per heavy atom. The number of allylic oxidation sites excluding steroid dienone is 1. The maximum absolute atomic E-state index is 2.40. The lowest BCUT2D eigenvalue weighted by atomic mass is 9.76. The Morgan fingerprint density at radius 2 is 1.94 bits per heavy atom. The van der Waals surface area contributed by atoms with Crippen LogP contribution in [0.4, 0.5) is 0 Å². The van der Waals surface area contributed by atoms with E-state index >= 15 is 0 Å². The van der Waals surface area contributed by atoms with Crippen molar-refractivity contribution < 1.29 is 0 Å². The fourth-order valence-electron chi connectivity index (χ4n) is 3.33. The molecule has 92 valence electrons. The summed E-state index contributed by atoms with van der Waals surface area (Å²) in [6, 6.07) is 11.3. The van der Waals surface area contributed by atoms with E-state index in [0.29, 0.717) is 5.92 Å². The van der Waals surface area contributed by atoms with Crippen molar-refractivity contribution in [1.29, 1.82) is 0 Å². The summed E-state index contributed by atoms with van der Waals surface area (Å²) < 4.78 is 0. The van der Waals surface area contributed by atoms with E-state index in [1.807, 2.05) is 13.8 Å². The van der Waals surface area contributed by atoms with Crippen molar-refractivity contribution in [3.63, 3.8) is 0 Å². The monoisotopic (exact) mass is 236 g/mol. The molecule has 2 aliphatic rings. The summed E-state index contributed by atoms with van der Waals surface area (Å²) in [5.74, 6) is 0.683. The number of hydrogen-bond acceptors (Lipinski definition) is 0.